The lowest BCUT2D eigenvalue weighted by atomic mass is 10.1. The van der Waals surface area contributed by atoms with Crippen LogP contribution in [-0.4, -0.2) is 18.0 Å². The van der Waals surface area contributed by atoms with Crippen molar-refractivity contribution in [2.45, 2.75) is 26.4 Å². The molecule has 0 spiro atoms. The molecule has 0 radical (unpaired) electrons. The third kappa shape index (κ3) is 4.55. The molecule has 0 bridgehead atoms. The van der Waals surface area contributed by atoms with Gasteiger partial charge >= 0.3 is 5.97 Å². The largest absolute Gasteiger partial charge is 0.449 e. The van der Waals surface area contributed by atoms with Crippen LogP contribution in [0.4, 0.5) is 10.1 Å². The molecule has 0 heterocycles. The molecule has 0 aliphatic heterocycles. The highest BCUT2D eigenvalue weighted by atomic mass is 35.5. The number of nitrogens with one attached hydrogen (secondary N) is 1. The van der Waals surface area contributed by atoms with Gasteiger partial charge in [-0.15, -0.1) is 0 Å². The van der Waals surface area contributed by atoms with Crippen LogP contribution in [0.25, 0.3) is 0 Å². The van der Waals surface area contributed by atoms with Gasteiger partial charge in [0.15, 0.2) is 6.10 Å². The van der Waals surface area contributed by atoms with E-state index >= 15 is 0 Å². The van der Waals surface area contributed by atoms with Crippen molar-refractivity contribution in [2.24, 2.45) is 0 Å². The van der Waals surface area contributed by atoms with Crippen molar-refractivity contribution in [1.29, 1.82) is 0 Å². The van der Waals surface area contributed by atoms with E-state index in [0.29, 0.717) is 5.69 Å². The van der Waals surface area contributed by atoms with Crippen LogP contribution in [0.2, 0.25) is 5.02 Å². The Kier molecular flexibility index (Phi) is 5.93. The molecule has 2 aromatic carbocycles. The number of carbonyl (C=O) groups is 2. The molecule has 4 nitrogen and oxygen atoms in total. The molecule has 126 valence electrons. The van der Waals surface area contributed by atoms with Crippen LogP contribution < -0.4 is 5.32 Å². The van der Waals surface area contributed by atoms with Crippen molar-refractivity contribution in [3.8, 4) is 0 Å². The van der Waals surface area contributed by atoms with Crippen molar-refractivity contribution >= 4 is 29.2 Å². The molecule has 0 aliphatic rings. The Morgan fingerprint density at radius 3 is 2.46 bits per heavy atom. The Bertz CT molecular complexity index is 746. The summed E-state index contributed by atoms with van der Waals surface area (Å²) in [6.45, 7) is 3.45. The van der Waals surface area contributed by atoms with Crippen molar-refractivity contribution in [3.05, 3.63) is 64.4 Å². The number of halogens is 2. The highest BCUT2D eigenvalue weighted by molar-refractivity contribution is 6.30. The fourth-order valence-electron chi connectivity index (χ4n) is 2.00. The first kappa shape index (κ1) is 17.9. The number of hydrogen-bond acceptors (Lipinski definition) is 3. The van der Waals surface area contributed by atoms with Crippen LogP contribution in [0.1, 0.15) is 29.8 Å². The summed E-state index contributed by atoms with van der Waals surface area (Å²) in [4.78, 5) is 24.0. The monoisotopic (exact) mass is 349 g/mol. The van der Waals surface area contributed by atoms with Crippen LogP contribution in [0.3, 0.4) is 0 Å². The van der Waals surface area contributed by atoms with Crippen molar-refractivity contribution in [1.82, 2.24) is 0 Å². The molecule has 1 N–H and O–H groups in total. The van der Waals surface area contributed by atoms with Gasteiger partial charge < -0.3 is 10.1 Å². The molecule has 0 unspecified atom stereocenters. The number of ether oxygens (including phenoxy) is 1. The Balaban J connectivity index is 1.98. The number of aryl methyl sites for hydroxylation is 1. The number of carbonyl (C=O) groups excluding carboxylic acids is 2. The Hall–Kier alpha value is -2.40. The SMILES string of the molecule is CCc1ccc(NC(=O)[C@@H](C)OC(=O)c2ccc(Cl)cc2F)cc1. The van der Waals surface area contributed by atoms with Gasteiger partial charge in [-0.1, -0.05) is 30.7 Å². The smallest absolute Gasteiger partial charge is 0.341 e. The third-order valence-corrected chi connectivity index (χ3v) is 3.67. The lowest BCUT2D eigenvalue weighted by molar-refractivity contribution is -0.123. The quantitative estimate of drug-likeness (QED) is 0.822. The number of rotatable bonds is 5. The van der Waals surface area contributed by atoms with Gasteiger partial charge in [0.05, 0.1) is 5.56 Å². The van der Waals surface area contributed by atoms with Crippen LogP contribution in [0.15, 0.2) is 42.5 Å². The Morgan fingerprint density at radius 2 is 1.88 bits per heavy atom. The van der Waals surface area contributed by atoms with Crippen LogP contribution in [0.5, 0.6) is 0 Å². The Labute approximate surface area is 144 Å². The zero-order valence-corrected chi connectivity index (χ0v) is 14.1. The van der Waals surface area contributed by atoms with Gasteiger partial charge in [0.1, 0.15) is 5.82 Å². The fraction of sp³-hybridized carbons (Fsp3) is 0.222. The third-order valence-electron chi connectivity index (χ3n) is 3.43. The standard InChI is InChI=1S/C18H17ClFNO3/c1-3-12-4-7-14(8-5-12)21-17(22)11(2)24-18(23)15-9-6-13(19)10-16(15)20/h4-11H,3H2,1-2H3,(H,21,22)/t11-/m1/s1. The minimum atomic E-state index is -1.07. The molecule has 1 amide bonds. The highest BCUT2D eigenvalue weighted by Gasteiger charge is 2.21. The number of benzene rings is 2. The average Bonchev–Trinajstić information content (AvgIpc) is 2.55. The zero-order valence-electron chi connectivity index (χ0n) is 13.3. The molecule has 6 heteroatoms. The molecule has 0 aliphatic carbocycles. The van der Waals surface area contributed by atoms with E-state index in [4.69, 9.17) is 16.3 Å². The minimum absolute atomic E-state index is 0.172. The van der Waals surface area contributed by atoms with Gasteiger partial charge in [0, 0.05) is 10.7 Å². The topological polar surface area (TPSA) is 55.4 Å². The van der Waals surface area contributed by atoms with Crippen LogP contribution >= 0.6 is 11.6 Å². The van der Waals surface area contributed by atoms with E-state index < -0.39 is 23.8 Å². The minimum Gasteiger partial charge on any atom is -0.449 e. The molecule has 0 aromatic heterocycles. The van der Waals surface area contributed by atoms with E-state index in [0.717, 1.165) is 18.1 Å². The molecular formula is C18H17ClFNO3. The number of hydrogen-bond donors (Lipinski definition) is 1. The number of amides is 1. The number of anilines is 1. The highest BCUT2D eigenvalue weighted by Crippen LogP contribution is 2.16. The van der Waals surface area contributed by atoms with Gasteiger partial charge in [-0.05, 0) is 49.2 Å². The van der Waals surface area contributed by atoms with E-state index in [9.17, 15) is 14.0 Å². The molecule has 1 atom stereocenters. The van der Waals surface area contributed by atoms with Gasteiger partial charge in [0.25, 0.3) is 5.91 Å². The van der Waals surface area contributed by atoms with Gasteiger partial charge in [-0.3, -0.25) is 4.79 Å². The van der Waals surface area contributed by atoms with E-state index in [1.807, 2.05) is 19.1 Å². The second-order valence-electron chi connectivity index (χ2n) is 5.21. The van der Waals surface area contributed by atoms with Gasteiger partial charge in [0.2, 0.25) is 0 Å². The summed E-state index contributed by atoms with van der Waals surface area (Å²) in [6.07, 6.45) is -0.173. The summed E-state index contributed by atoms with van der Waals surface area (Å²) in [6, 6.07) is 10.9. The van der Waals surface area contributed by atoms with Crippen LogP contribution in [-0.2, 0) is 16.0 Å². The first-order valence-electron chi connectivity index (χ1n) is 7.46. The van der Waals surface area contributed by atoms with E-state index in [2.05, 4.69) is 5.32 Å². The summed E-state index contributed by atoms with van der Waals surface area (Å²) >= 11 is 5.63. The van der Waals surface area contributed by atoms with Crippen molar-refractivity contribution < 1.29 is 18.7 Å². The maximum Gasteiger partial charge on any atom is 0.341 e. The molecule has 0 fully saturated rings. The van der Waals surface area contributed by atoms with Crippen molar-refractivity contribution in [3.63, 3.8) is 0 Å². The molecule has 24 heavy (non-hydrogen) atoms. The molecule has 2 rings (SSSR count). The molecule has 0 saturated heterocycles. The molecule has 2 aromatic rings. The van der Waals surface area contributed by atoms with E-state index in [1.165, 1.54) is 19.1 Å². The normalized spacial score (nSPS) is 11.7. The first-order valence-corrected chi connectivity index (χ1v) is 7.84. The first-order chi connectivity index (χ1) is 11.4. The number of esters is 1. The summed E-state index contributed by atoms with van der Waals surface area (Å²) in [7, 11) is 0. The fourth-order valence-corrected chi connectivity index (χ4v) is 2.16. The summed E-state index contributed by atoms with van der Waals surface area (Å²) < 4.78 is 18.7. The lowest BCUT2D eigenvalue weighted by Gasteiger charge is -2.14. The van der Waals surface area contributed by atoms with E-state index in [1.54, 1.807) is 12.1 Å². The second-order valence-corrected chi connectivity index (χ2v) is 5.65. The van der Waals surface area contributed by atoms with Crippen molar-refractivity contribution in [2.75, 3.05) is 5.32 Å². The molecule has 0 saturated carbocycles. The average molecular weight is 350 g/mol. The second kappa shape index (κ2) is 7.93. The molecular weight excluding hydrogens is 333 g/mol. The maximum absolute atomic E-state index is 13.7. The predicted molar refractivity (Wildman–Crippen MR) is 90.7 cm³/mol. The van der Waals surface area contributed by atoms with Gasteiger partial charge in [-0.25, -0.2) is 9.18 Å². The predicted octanol–water partition coefficient (Wildman–Crippen LogP) is 4.23. The van der Waals surface area contributed by atoms with Gasteiger partial charge in [-0.2, -0.15) is 0 Å². The summed E-state index contributed by atoms with van der Waals surface area (Å²) in [5, 5.41) is 2.81. The summed E-state index contributed by atoms with van der Waals surface area (Å²) in [5.41, 5.74) is 1.47. The van der Waals surface area contributed by atoms with Crippen LogP contribution in [0, 0.1) is 5.82 Å². The maximum atomic E-state index is 13.7. The zero-order chi connectivity index (χ0) is 17.7. The van der Waals surface area contributed by atoms with E-state index in [-0.39, 0.29) is 10.6 Å². The lowest BCUT2D eigenvalue weighted by Crippen LogP contribution is -2.30. The Morgan fingerprint density at radius 1 is 1.21 bits per heavy atom. The summed E-state index contributed by atoms with van der Waals surface area (Å²) in [5.74, 6) is -2.22.